The molecule has 84 valence electrons. The van der Waals surface area contributed by atoms with Crippen molar-refractivity contribution in [2.45, 2.75) is 19.8 Å². The first-order chi connectivity index (χ1) is 7.27. The zero-order valence-electron chi connectivity index (χ0n) is 8.77. The minimum atomic E-state index is -0.260. The summed E-state index contributed by atoms with van der Waals surface area (Å²) in [6, 6.07) is 1.52. The van der Waals surface area contributed by atoms with Gasteiger partial charge in [0, 0.05) is 19.2 Å². The number of amides is 1. The molecule has 0 radical (unpaired) electrons. The summed E-state index contributed by atoms with van der Waals surface area (Å²) in [5.41, 5.74) is 0. The fourth-order valence-corrected chi connectivity index (χ4v) is 1.29. The lowest BCUT2D eigenvalue weighted by Gasteiger charge is -2.13. The molecule has 0 aliphatic carbocycles. The van der Waals surface area contributed by atoms with Crippen LogP contribution in [0.2, 0.25) is 0 Å². The molecule has 0 spiro atoms. The van der Waals surface area contributed by atoms with E-state index in [1.165, 1.54) is 12.3 Å². The van der Waals surface area contributed by atoms with Crippen LogP contribution < -0.4 is 5.32 Å². The van der Waals surface area contributed by atoms with Crippen molar-refractivity contribution < 1.29 is 14.4 Å². The fourth-order valence-electron chi connectivity index (χ4n) is 1.29. The standard InChI is InChI=1S/C10H16N2O3/c1-2-8(4-6-13)7-11-10(14)9-3-5-12-15-9/h3,5,8,13H,2,4,6-7H2,1H3,(H,11,14). The average molecular weight is 212 g/mol. The van der Waals surface area contributed by atoms with Crippen molar-refractivity contribution in [2.75, 3.05) is 13.2 Å². The molecular weight excluding hydrogens is 196 g/mol. The third-order valence-electron chi connectivity index (χ3n) is 2.33. The van der Waals surface area contributed by atoms with Crippen LogP contribution in [0, 0.1) is 5.92 Å². The van der Waals surface area contributed by atoms with Gasteiger partial charge < -0.3 is 14.9 Å². The maximum atomic E-state index is 11.4. The van der Waals surface area contributed by atoms with E-state index >= 15 is 0 Å². The minimum absolute atomic E-state index is 0.149. The third-order valence-corrected chi connectivity index (χ3v) is 2.33. The first kappa shape index (κ1) is 11.7. The maximum absolute atomic E-state index is 11.4. The molecule has 1 aromatic rings. The number of carbonyl (C=O) groups is 1. The minimum Gasteiger partial charge on any atom is -0.396 e. The van der Waals surface area contributed by atoms with Gasteiger partial charge in [-0.1, -0.05) is 18.5 Å². The first-order valence-electron chi connectivity index (χ1n) is 5.07. The van der Waals surface area contributed by atoms with Gasteiger partial charge in [0.05, 0.1) is 6.20 Å². The Morgan fingerprint density at radius 2 is 2.53 bits per heavy atom. The van der Waals surface area contributed by atoms with Crippen LogP contribution in [-0.2, 0) is 0 Å². The highest BCUT2D eigenvalue weighted by Gasteiger charge is 2.11. The maximum Gasteiger partial charge on any atom is 0.289 e. The summed E-state index contributed by atoms with van der Waals surface area (Å²) in [7, 11) is 0. The largest absolute Gasteiger partial charge is 0.396 e. The summed E-state index contributed by atoms with van der Waals surface area (Å²) in [6.45, 7) is 2.73. The second-order valence-electron chi connectivity index (χ2n) is 3.37. The van der Waals surface area contributed by atoms with Gasteiger partial charge in [-0.15, -0.1) is 0 Å². The van der Waals surface area contributed by atoms with Crippen molar-refractivity contribution in [3.05, 3.63) is 18.0 Å². The number of rotatable bonds is 6. The molecule has 0 saturated carbocycles. The van der Waals surface area contributed by atoms with E-state index in [1.807, 2.05) is 6.92 Å². The number of nitrogens with one attached hydrogen (secondary N) is 1. The Hall–Kier alpha value is -1.36. The molecule has 0 aliphatic heterocycles. The summed E-state index contributed by atoms with van der Waals surface area (Å²) in [4.78, 5) is 11.4. The number of hydrogen-bond donors (Lipinski definition) is 2. The van der Waals surface area contributed by atoms with Gasteiger partial charge in [-0.3, -0.25) is 4.79 Å². The second kappa shape index (κ2) is 6.19. The zero-order chi connectivity index (χ0) is 11.1. The van der Waals surface area contributed by atoms with E-state index in [9.17, 15) is 4.79 Å². The molecule has 0 saturated heterocycles. The Kier molecular flexibility index (Phi) is 4.83. The molecular formula is C10H16N2O3. The topological polar surface area (TPSA) is 75.4 Å². The van der Waals surface area contributed by atoms with Crippen LogP contribution in [-0.4, -0.2) is 29.3 Å². The molecule has 0 bridgehead atoms. The van der Waals surface area contributed by atoms with Gasteiger partial charge in [-0.2, -0.15) is 0 Å². The van der Waals surface area contributed by atoms with Crippen LogP contribution >= 0.6 is 0 Å². The zero-order valence-corrected chi connectivity index (χ0v) is 8.77. The van der Waals surface area contributed by atoms with Gasteiger partial charge in [0.25, 0.3) is 5.91 Å². The van der Waals surface area contributed by atoms with E-state index < -0.39 is 0 Å². The van der Waals surface area contributed by atoms with Gasteiger partial charge in [-0.05, 0) is 12.3 Å². The molecule has 5 nitrogen and oxygen atoms in total. The molecule has 1 amide bonds. The van der Waals surface area contributed by atoms with Crippen molar-refractivity contribution in [3.8, 4) is 0 Å². The van der Waals surface area contributed by atoms with Crippen LogP contribution in [0.1, 0.15) is 30.3 Å². The predicted octanol–water partition coefficient (Wildman–Crippen LogP) is 0.813. The molecule has 1 heterocycles. The molecule has 1 atom stereocenters. The lowest BCUT2D eigenvalue weighted by molar-refractivity contribution is 0.0906. The normalized spacial score (nSPS) is 12.4. The van der Waals surface area contributed by atoms with Crippen LogP contribution in [0.15, 0.2) is 16.8 Å². The summed E-state index contributed by atoms with van der Waals surface area (Å²) >= 11 is 0. The summed E-state index contributed by atoms with van der Waals surface area (Å²) in [5, 5.41) is 15.0. The molecule has 0 aliphatic rings. The monoisotopic (exact) mass is 212 g/mol. The number of nitrogens with zero attached hydrogens (tertiary/aromatic N) is 1. The second-order valence-corrected chi connectivity index (χ2v) is 3.37. The quantitative estimate of drug-likeness (QED) is 0.731. The van der Waals surface area contributed by atoms with Crippen LogP contribution in [0.5, 0.6) is 0 Å². The van der Waals surface area contributed by atoms with E-state index in [2.05, 4.69) is 10.5 Å². The molecule has 2 N–H and O–H groups in total. The van der Waals surface area contributed by atoms with Crippen molar-refractivity contribution in [2.24, 2.45) is 5.92 Å². The van der Waals surface area contributed by atoms with E-state index in [1.54, 1.807) is 0 Å². The summed E-state index contributed by atoms with van der Waals surface area (Å²) in [5.74, 6) is 0.264. The van der Waals surface area contributed by atoms with E-state index in [0.717, 1.165) is 6.42 Å². The van der Waals surface area contributed by atoms with Crippen LogP contribution in [0.3, 0.4) is 0 Å². The first-order valence-corrected chi connectivity index (χ1v) is 5.07. The van der Waals surface area contributed by atoms with Gasteiger partial charge in [-0.25, -0.2) is 0 Å². The van der Waals surface area contributed by atoms with E-state index in [4.69, 9.17) is 9.63 Å². The molecule has 0 aromatic carbocycles. The van der Waals surface area contributed by atoms with E-state index in [0.29, 0.717) is 18.9 Å². The van der Waals surface area contributed by atoms with Crippen molar-refractivity contribution in [1.82, 2.24) is 10.5 Å². The van der Waals surface area contributed by atoms with Crippen molar-refractivity contribution >= 4 is 5.91 Å². The SMILES string of the molecule is CCC(CCO)CNC(=O)c1ccno1. The Morgan fingerprint density at radius 1 is 1.73 bits per heavy atom. The Labute approximate surface area is 88.5 Å². The Bertz CT molecular complexity index is 285. The third kappa shape index (κ3) is 3.71. The molecule has 1 aromatic heterocycles. The number of aliphatic hydroxyl groups excluding tert-OH is 1. The summed E-state index contributed by atoms with van der Waals surface area (Å²) in [6.07, 6.45) is 3.06. The van der Waals surface area contributed by atoms with Crippen molar-refractivity contribution in [1.29, 1.82) is 0 Å². The average Bonchev–Trinajstić information content (AvgIpc) is 2.77. The van der Waals surface area contributed by atoms with E-state index in [-0.39, 0.29) is 18.3 Å². The van der Waals surface area contributed by atoms with Crippen LogP contribution in [0.25, 0.3) is 0 Å². The number of aromatic nitrogens is 1. The lowest BCUT2D eigenvalue weighted by atomic mass is 10.0. The van der Waals surface area contributed by atoms with Gasteiger partial charge in [0.1, 0.15) is 0 Å². The molecule has 15 heavy (non-hydrogen) atoms. The van der Waals surface area contributed by atoms with Crippen LogP contribution in [0.4, 0.5) is 0 Å². The molecule has 1 unspecified atom stereocenters. The highest BCUT2D eigenvalue weighted by atomic mass is 16.5. The molecule has 5 heteroatoms. The van der Waals surface area contributed by atoms with Crippen molar-refractivity contribution in [3.63, 3.8) is 0 Å². The highest BCUT2D eigenvalue weighted by molar-refractivity contribution is 5.91. The fraction of sp³-hybridized carbons (Fsp3) is 0.600. The predicted molar refractivity (Wildman–Crippen MR) is 54.3 cm³/mol. The number of aliphatic hydroxyl groups is 1. The van der Waals surface area contributed by atoms with Gasteiger partial charge >= 0.3 is 0 Å². The van der Waals surface area contributed by atoms with Gasteiger partial charge in [0.15, 0.2) is 0 Å². The Balaban J connectivity index is 2.33. The molecule has 1 rings (SSSR count). The number of carbonyl (C=O) groups excluding carboxylic acids is 1. The van der Waals surface area contributed by atoms with Gasteiger partial charge in [0.2, 0.25) is 5.76 Å². The molecule has 0 fully saturated rings. The summed E-state index contributed by atoms with van der Waals surface area (Å²) < 4.78 is 4.71. The lowest BCUT2D eigenvalue weighted by Crippen LogP contribution is -2.29. The number of hydrogen-bond acceptors (Lipinski definition) is 4. The smallest absolute Gasteiger partial charge is 0.289 e. The highest BCUT2D eigenvalue weighted by Crippen LogP contribution is 2.06. The Morgan fingerprint density at radius 3 is 3.07 bits per heavy atom.